The van der Waals surface area contributed by atoms with Gasteiger partial charge in [-0.3, -0.25) is 28.3 Å². The average molecular weight is 1430 g/mol. The first-order chi connectivity index (χ1) is 50.9. The minimum atomic E-state index is -0.0820. The fourth-order valence-corrected chi connectivity index (χ4v) is 17.0. The first-order valence-electron chi connectivity index (χ1n) is 37.7. The normalized spacial score (nSPS) is 23.2. The Morgan fingerprint density at radius 1 is 0.514 bits per heavy atom. The Bertz CT molecular complexity index is 4230. The van der Waals surface area contributed by atoms with Gasteiger partial charge in [-0.1, -0.05) is 32.6 Å². The molecule has 558 valence electrons. The summed E-state index contributed by atoms with van der Waals surface area (Å²) in [7, 11) is 7.51. The second-order valence-corrected chi connectivity index (χ2v) is 30.5. The first kappa shape index (κ1) is 73.2. The summed E-state index contributed by atoms with van der Waals surface area (Å²) in [4.78, 5) is 64.1. The van der Waals surface area contributed by atoms with Gasteiger partial charge in [0.05, 0.1) is 59.6 Å². The third kappa shape index (κ3) is 18.5. The van der Waals surface area contributed by atoms with E-state index in [-0.39, 0.29) is 23.8 Å². The number of rotatable bonds is 18. The Morgan fingerprint density at radius 2 is 0.981 bits per heavy atom. The van der Waals surface area contributed by atoms with Crippen LogP contribution in [0.1, 0.15) is 146 Å². The Labute approximate surface area is 615 Å². The van der Waals surface area contributed by atoms with E-state index in [9.17, 15) is 9.59 Å². The molecule has 4 aliphatic heterocycles. The quantitative estimate of drug-likeness (QED) is 0.0382. The molecule has 0 bridgehead atoms. The number of carbonyl (C=O) groups excluding carboxylic acids is 2. The number of nitrogens with one attached hydrogen (secondary N) is 10. The maximum absolute atomic E-state index is 12.3. The average Bonchev–Trinajstić information content (AvgIpc) is 1.63. The molecule has 4 saturated carbocycles. The minimum Gasteiger partial charge on any atom is -0.367 e. The number of hydrogen-bond donors (Lipinski definition) is 10. The van der Waals surface area contributed by atoms with Gasteiger partial charge in [0.1, 0.15) is 29.7 Å². The summed E-state index contributed by atoms with van der Waals surface area (Å²) in [6.45, 7) is 13.7. The molecule has 105 heavy (non-hydrogen) atoms. The van der Waals surface area contributed by atoms with Crippen LogP contribution in [0.15, 0.2) is 86.5 Å². The number of likely N-dealkylation sites (tertiary alicyclic amines) is 2. The Kier molecular flexibility index (Phi) is 23.0. The lowest BCUT2D eigenvalue weighted by Gasteiger charge is -2.37. The molecule has 4 saturated heterocycles. The number of nitriles is 1. The van der Waals surface area contributed by atoms with Crippen molar-refractivity contribution in [2.75, 3.05) is 94.9 Å². The van der Waals surface area contributed by atoms with Gasteiger partial charge in [-0.2, -0.15) is 45.6 Å². The molecular formula is C74H105N29O2. The summed E-state index contributed by atoms with van der Waals surface area (Å²) in [5.74, 6) is 5.92. The van der Waals surface area contributed by atoms with E-state index in [1.54, 1.807) is 62.1 Å². The van der Waals surface area contributed by atoms with E-state index < -0.39 is 0 Å². The van der Waals surface area contributed by atoms with Crippen molar-refractivity contribution in [2.24, 2.45) is 49.9 Å². The molecule has 2 atom stereocenters. The minimum absolute atomic E-state index is 0.0550. The summed E-state index contributed by atoms with van der Waals surface area (Å²) in [6, 6.07) is 7.33. The molecule has 31 heteroatoms. The van der Waals surface area contributed by atoms with Crippen molar-refractivity contribution in [1.29, 1.82) is 5.26 Å². The number of aryl methyl sites for hydroxylation is 6. The lowest BCUT2D eigenvalue weighted by molar-refractivity contribution is -0.130. The molecule has 4 aliphatic carbocycles. The fraction of sp³-hybridized carbons (Fsp3) is 0.581. The highest BCUT2D eigenvalue weighted by molar-refractivity contribution is 5.79. The van der Waals surface area contributed by atoms with E-state index >= 15 is 0 Å². The summed E-state index contributed by atoms with van der Waals surface area (Å²) >= 11 is 0. The van der Waals surface area contributed by atoms with Gasteiger partial charge < -0.3 is 63.0 Å². The number of hydrogen-bond acceptors (Lipinski definition) is 25. The standard InChI is InChI=1S/C20H26N8O.C20H29N7O.2C17H25N7/c1-14-9-22-19(24-15-10-23-27(2)11-15)26-18(14)25-16-12-28(17(29)5-8-21)13-20(16)6-3-4-7-20;1-3-18(28)27-11-9-20(14-27)7-4-15(5-8-20)23-17-6-10-21-19(25-17)24-16-12-22-26(2)13-16;1-24-11-14(10-20-24)22-16-19-8-4-15(23-16)21-13-2-5-17(6-3-13)7-9-18-12-17;1-12-7-19-16(21-13-8-20-24(2)10-13)23-15(12)22-14-9-18-11-17(14)5-3-4-6-17/h9-11,16H,3-7,12-13H2,1-2H3,(H2,22,24,25,26);6,10,12-13,15H,3-5,7-9,11,14H2,1-2H3,(H2,21,23,24,25);4,8,10-11,13,18H,2-3,5-7,9,12H2,1H3,(H2,19,21,22,23);7-8,10,14,18H,3-6,9,11H2,1-2H3,(H2,19,21,22,23). The zero-order valence-electron chi connectivity index (χ0n) is 62.0. The van der Waals surface area contributed by atoms with Gasteiger partial charge in [0.25, 0.3) is 0 Å². The topological polar surface area (TPSA) is 359 Å². The molecule has 8 aromatic rings. The predicted molar refractivity (Wildman–Crippen MR) is 405 cm³/mol. The summed E-state index contributed by atoms with van der Waals surface area (Å²) < 4.78 is 6.95. The highest BCUT2D eigenvalue weighted by atomic mass is 16.2. The van der Waals surface area contributed by atoms with Gasteiger partial charge in [-0.05, 0) is 133 Å². The maximum atomic E-state index is 12.3. The van der Waals surface area contributed by atoms with E-state index in [4.69, 9.17) is 10.2 Å². The van der Waals surface area contributed by atoms with Crippen molar-refractivity contribution in [2.45, 2.75) is 173 Å². The largest absolute Gasteiger partial charge is 0.367 e. The number of anilines is 12. The summed E-state index contributed by atoms with van der Waals surface area (Å²) in [5, 5.41) is 59.8. The van der Waals surface area contributed by atoms with E-state index in [2.05, 4.69) is 120 Å². The zero-order valence-corrected chi connectivity index (χ0v) is 62.0. The van der Waals surface area contributed by atoms with Crippen LogP contribution in [0.25, 0.3) is 0 Å². The molecular weight excluding hydrogens is 1330 g/mol. The molecule has 8 aromatic heterocycles. The van der Waals surface area contributed by atoms with Crippen molar-refractivity contribution in [3.63, 3.8) is 0 Å². The van der Waals surface area contributed by atoms with Crippen molar-refractivity contribution < 1.29 is 9.59 Å². The first-order valence-corrected chi connectivity index (χ1v) is 37.7. The van der Waals surface area contributed by atoms with E-state index in [0.717, 1.165) is 122 Å². The monoisotopic (exact) mass is 1430 g/mol. The van der Waals surface area contributed by atoms with E-state index in [0.29, 0.717) is 77.0 Å². The van der Waals surface area contributed by atoms with E-state index in [1.165, 1.54) is 96.6 Å². The van der Waals surface area contributed by atoms with Crippen LogP contribution < -0.4 is 53.2 Å². The Morgan fingerprint density at radius 3 is 1.43 bits per heavy atom. The van der Waals surface area contributed by atoms with Crippen molar-refractivity contribution in [3.8, 4) is 6.07 Å². The SMILES string of the molecule is CCC(=O)N1CCC2(CCC(Nc3ccnc(Nc4cnn(C)c4)n3)CC2)C1.Cc1cnc(Nc2cnn(C)c2)nc1NC1CN(C(=O)CC#N)CC12CCCC2.Cc1cnc(Nc2cnn(C)c2)nc1NC1CNCC12CCCC2.Cn1cc(Nc2nccc(NC3CCC4(CCNC4)CC3)n2)cn1. The smallest absolute Gasteiger partial charge is 0.236 e. The van der Waals surface area contributed by atoms with Crippen molar-refractivity contribution in [1.82, 2.24) is 99.4 Å². The fourth-order valence-electron chi connectivity index (χ4n) is 17.0. The summed E-state index contributed by atoms with van der Waals surface area (Å²) in [5.41, 5.74) is 6.86. The van der Waals surface area contributed by atoms with Crippen LogP contribution in [-0.2, 0) is 37.8 Å². The van der Waals surface area contributed by atoms with Gasteiger partial charge in [-0.25, -0.2) is 19.9 Å². The van der Waals surface area contributed by atoms with Crippen LogP contribution in [0, 0.1) is 46.8 Å². The van der Waals surface area contributed by atoms with Crippen LogP contribution in [-0.4, -0.2) is 177 Å². The van der Waals surface area contributed by atoms with Gasteiger partial charge in [0, 0.05) is 170 Å². The van der Waals surface area contributed by atoms with Crippen LogP contribution in [0.3, 0.4) is 0 Å². The van der Waals surface area contributed by atoms with Gasteiger partial charge in [0.15, 0.2) is 0 Å². The van der Waals surface area contributed by atoms with Crippen molar-refractivity contribution in [3.05, 3.63) is 97.6 Å². The number of nitrogens with zero attached hydrogens (tertiary/aromatic N) is 19. The third-order valence-electron chi connectivity index (χ3n) is 22.9. The highest BCUT2D eigenvalue weighted by Crippen LogP contribution is 2.49. The molecule has 31 nitrogen and oxygen atoms in total. The molecule has 10 N–H and O–H groups in total. The summed E-state index contributed by atoms with van der Waals surface area (Å²) in [6.07, 6.45) is 44.3. The molecule has 2 unspecified atom stereocenters. The molecule has 12 heterocycles. The van der Waals surface area contributed by atoms with Crippen molar-refractivity contribution >= 4 is 81.6 Å². The molecule has 8 fully saturated rings. The third-order valence-corrected chi connectivity index (χ3v) is 22.9. The Hall–Kier alpha value is -10.1. The van der Waals surface area contributed by atoms with Gasteiger partial charge >= 0.3 is 0 Å². The van der Waals surface area contributed by atoms with Gasteiger partial charge in [0.2, 0.25) is 35.6 Å². The molecule has 2 amide bonds. The van der Waals surface area contributed by atoms with Crippen LogP contribution in [0.5, 0.6) is 0 Å². The van der Waals surface area contributed by atoms with Gasteiger partial charge in [-0.15, -0.1) is 0 Å². The number of aromatic nitrogens is 16. The molecule has 0 aromatic carbocycles. The predicted octanol–water partition coefficient (Wildman–Crippen LogP) is 9.79. The zero-order chi connectivity index (χ0) is 73.0. The lowest BCUT2D eigenvalue weighted by Crippen LogP contribution is -2.37. The molecule has 0 radical (unpaired) electrons. The highest BCUT2D eigenvalue weighted by Gasteiger charge is 2.50. The second-order valence-electron chi connectivity index (χ2n) is 30.5. The molecule has 16 rings (SSSR count). The van der Waals surface area contributed by atoms with Crippen LogP contribution in [0.4, 0.5) is 69.8 Å². The Balaban J connectivity index is 0.000000125. The van der Waals surface area contributed by atoms with Crippen LogP contribution in [0.2, 0.25) is 0 Å². The van der Waals surface area contributed by atoms with Crippen LogP contribution >= 0.6 is 0 Å². The molecule has 4 spiro atoms. The number of carbonyl (C=O) groups is 2. The lowest BCUT2D eigenvalue weighted by atomic mass is 9.72. The number of amides is 2. The maximum Gasteiger partial charge on any atom is 0.236 e. The van der Waals surface area contributed by atoms with E-state index in [1.807, 2.05) is 96.1 Å². The molecule has 8 aliphatic rings. The second kappa shape index (κ2) is 32.9.